The van der Waals surface area contributed by atoms with Gasteiger partial charge in [-0.15, -0.1) is 0 Å². The maximum atomic E-state index is 13.5. The zero-order valence-corrected chi connectivity index (χ0v) is 19.2. The van der Waals surface area contributed by atoms with Gasteiger partial charge in [-0.25, -0.2) is 9.37 Å². The van der Waals surface area contributed by atoms with Crippen LogP contribution in [0.3, 0.4) is 0 Å². The van der Waals surface area contributed by atoms with Crippen LogP contribution >= 0.6 is 27.7 Å². The predicted molar refractivity (Wildman–Crippen MR) is 129 cm³/mol. The third-order valence-electron chi connectivity index (χ3n) is 4.83. The fourth-order valence-electron chi connectivity index (χ4n) is 3.20. The minimum absolute atomic E-state index is 0.0540. The molecule has 0 N–H and O–H groups in total. The van der Waals surface area contributed by atoms with E-state index in [9.17, 15) is 14.4 Å². The Bertz CT molecular complexity index is 1300. The molecule has 1 aromatic heterocycles. The third kappa shape index (κ3) is 4.96. The van der Waals surface area contributed by atoms with Crippen molar-refractivity contribution in [2.75, 3.05) is 5.75 Å². The monoisotopic (exact) mass is 502 g/mol. The van der Waals surface area contributed by atoms with Crippen LogP contribution in [0.15, 0.2) is 94.4 Å². The molecule has 0 bridgehead atoms. The van der Waals surface area contributed by atoms with Crippen molar-refractivity contribution in [3.05, 3.63) is 106 Å². The standard InChI is InChI=1S/C26H16BrFN2OS/c27-20-10-6-19(7-11-20)25(31)16-32-26-23(15-29)22(17-8-12-21(28)13-9-17)14-24(30-26)18-4-2-1-3-5-18/h1-14H,16H2. The van der Waals surface area contributed by atoms with Crippen molar-refractivity contribution in [2.24, 2.45) is 0 Å². The average Bonchev–Trinajstić information content (AvgIpc) is 2.83. The van der Waals surface area contributed by atoms with Crippen molar-refractivity contribution in [3.63, 3.8) is 0 Å². The molecule has 0 spiro atoms. The summed E-state index contributed by atoms with van der Waals surface area (Å²) >= 11 is 4.60. The summed E-state index contributed by atoms with van der Waals surface area (Å²) in [6.45, 7) is 0. The van der Waals surface area contributed by atoms with Crippen LogP contribution in [0.25, 0.3) is 22.4 Å². The molecule has 0 unspecified atom stereocenters. The Labute approximate surface area is 198 Å². The Balaban J connectivity index is 1.75. The van der Waals surface area contributed by atoms with E-state index in [0.29, 0.717) is 33.0 Å². The highest BCUT2D eigenvalue weighted by Crippen LogP contribution is 2.34. The van der Waals surface area contributed by atoms with Crippen LogP contribution in [0.5, 0.6) is 0 Å². The van der Waals surface area contributed by atoms with Gasteiger partial charge in [0.15, 0.2) is 5.78 Å². The number of ketones is 1. The Hall–Kier alpha value is -3.27. The summed E-state index contributed by atoms with van der Waals surface area (Å²) in [6, 6.07) is 26.8. The Kier molecular flexibility index (Phi) is 6.79. The first-order chi connectivity index (χ1) is 15.5. The quantitative estimate of drug-likeness (QED) is 0.207. The van der Waals surface area contributed by atoms with Crippen LogP contribution in [0.2, 0.25) is 0 Å². The van der Waals surface area contributed by atoms with Crippen molar-refractivity contribution in [1.29, 1.82) is 5.26 Å². The van der Waals surface area contributed by atoms with Crippen molar-refractivity contribution >= 4 is 33.5 Å². The van der Waals surface area contributed by atoms with Crippen LogP contribution in [0.1, 0.15) is 15.9 Å². The minimum atomic E-state index is -0.348. The highest BCUT2D eigenvalue weighted by atomic mass is 79.9. The van der Waals surface area contributed by atoms with Crippen molar-refractivity contribution in [2.45, 2.75) is 5.03 Å². The SMILES string of the molecule is N#Cc1c(-c2ccc(F)cc2)cc(-c2ccccc2)nc1SCC(=O)c1ccc(Br)cc1. The molecule has 0 aliphatic heterocycles. The highest BCUT2D eigenvalue weighted by molar-refractivity contribution is 9.10. The van der Waals surface area contributed by atoms with E-state index in [2.05, 4.69) is 22.0 Å². The number of aromatic nitrogens is 1. The number of carbonyl (C=O) groups is 1. The van der Waals surface area contributed by atoms with Gasteiger partial charge in [0.1, 0.15) is 16.9 Å². The van der Waals surface area contributed by atoms with Crippen LogP contribution in [0.4, 0.5) is 4.39 Å². The van der Waals surface area contributed by atoms with Crippen LogP contribution in [0, 0.1) is 17.1 Å². The molecule has 0 radical (unpaired) electrons. The molecule has 4 rings (SSSR count). The number of nitriles is 1. The van der Waals surface area contributed by atoms with Gasteiger partial charge in [0.05, 0.1) is 17.0 Å². The summed E-state index contributed by atoms with van der Waals surface area (Å²) in [4.78, 5) is 17.4. The average molecular weight is 503 g/mol. The number of carbonyl (C=O) groups excluding carboxylic acids is 1. The molecule has 0 saturated carbocycles. The van der Waals surface area contributed by atoms with Gasteiger partial charge in [-0.2, -0.15) is 5.26 Å². The first-order valence-electron chi connectivity index (χ1n) is 9.73. The molecule has 0 saturated heterocycles. The zero-order valence-electron chi connectivity index (χ0n) is 16.8. The van der Waals surface area contributed by atoms with E-state index in [4.69, 9.17) is 4.98 Å². The number of halogens is 2. The van der Waals surface area contributed by atoms with Gasteiger partial charge in [-0.05, 0) is 35.9 Å². The lowest BCUT2D eigenvalue weighted by molar-refractivity contribution is 0.102. The van der Waals surface area contributed by atoms with E-state index >= 15 is 0 Å². The summed E-state index contributed by atoms with van der Waals surface area (Å²) in [5, 5.41) is 10.4. The van der Waals surface area contributed by atoms with Crippen molar-refractivity contribution in [3.8, 4) is 28.5 Å². The molecule has 0 atom stereocenters. The predicted octanol–water partition coefficient (Wildman–Crippen LogP) is 7.16. The zero-order chi connectivity index (χ0) is 22.5. The Morgan fingerprint density at radius 3 is 2.31 bits per heavy atom. The normalized spacial score (nSPS) is 10.5. The van der Waals surface area contributed by atoms with Gasteiger partial charge in [-0.1, -0.05) is 82.3 Å². The number of hydrogen-bond donors (Lipinski definition) is 0. The maximum absolute atomic E-state index is 13.5. The fraction of sp³-hybridized carbons (Fsp3) is 0.0385. The van der Waals surface area contributed by atoms with E-state index in [1.165, 1.54) is 23.9 Å². The number of Topliss-reactive ketones (excluding diaryl/α,β-unsaturated/α-hetero) is 1. The largest absolute Gasteiger partial charge is 0.293 e. The summed E-state index contributed by atoms with van der Waals surface area (Å²) < 4.78 is 14.4. The van der Waals surface area contributed by atoms with Gasteiger partial charge < -0.3 is 0 Å². The van der Waals surface area contributed by atoms with Gasteiger partial charge in [0.2, 0.25) is 0 Å². The first kappa shape index (κ1) is 21.9. The second-order valence-corrected chi connectivity index (χ2v) is 8.82. The topological polar surface area (TPSA) is 53.8 Å². The Morgan fingerprint density at radius 1 is 0.969 bits per heavy atom. The number of hydrogen-bond acceptors (Lipinski definition) is 4. The maximum Gasteiger partial charge on any atom is 0.173 e. The van der Waals surface area contributed by atoms with Crippen molar-refractivity contribution < 1.29 is 9.18 Å². The smallest absolute Gasteiger partial charge is 0.173 e. The summed E-state index contributed by atoms with van der Waals surface area (Å²) in [5.74, 6) is -0.259. The lowest BCUT2D eigenvalue weighted by Crippen LogP contribution is -2.04. The molecular weight excluding hydrogens is 487 g/mol. The number of thioether (sulfide) groups is 1. The van der Waals surface area contributed by atoms with E-state index in [1.807, 2.05) is 48.5 Å². The van der Waals surface area contributed by atoms with E-state index < -0.39 is 0 Å². The molecule has 0 aliphatic rings. The van der Waals surface area contributed by atoms with E-state index in [1.54, 1.807) is 24.3 Å². The van der Waals surface area contributed by atoms with E-state index in [-0.39, 0.29) is 17.4 Å². The number of benzene rings is 3. The molecule has 4 aromatic rings. The molecule has 6 heteroatoms. The summed E-state index contributed by atoms with van der Waals surface area (Å²) in [6.07, 6.45) is 0. The van der Waals surface area contributed by atoms with Gasteiger partial charge >= 0.3 is 0 Å². The second-order valence-electron chi connectivity index (χ2n) is 6.94. The highest BCUT2D eigenvalue weighted by Gasteiger charge is 2.17. The fourth-order valence-corrected chi connectivity index (χ4v) is 4.36. The van der Waals surface area contributed by atoms with Crippen LogP contribution in [-0.4, -0.2) is 16.5 Å². The second kappa shape index (κ2) is 9.90. The molecule has 0 fully saturated rings. The summed E-state index contributed by atoms with van der Waals surface area (Å²) in [7, 11) is 0. The number of rotatable bonds is 6. The van der Waals surface area contributed by atoms with Crippen LogP contribution < -0.4 is 0 Å². The summed E-state index contributed by atoms with van der Waals surface area (Å²) in [5.41, 5.74) is 3.90. The van der Waals surface area contributed by atoms with Gasteiger partial charge in [0.25, 0.3) is 0 Å². The molecule has 3 aromatic carbocycles. The lowest BCUT2D eigenvalue weighted by atomic mass is 9.99. The molecular formula is C26H16BrFN2OS. The molecule has 156 valence electrons. The number of nitrogens with zero attached hydrogens (tertiary/aromatic N) is 2. The molecule has 0 aliphatic carbocycles. The van der Waals surface area contributed by atoms with Crippen LogP contribution in [-0.2, 0) is 0 Å². The van der Waals surface area contributed by atoms with Gasteiger partial charge in [0, 0.05) is 21.2 Å². The Morgan fingerprint density at radius 2 is 1.66 bits per heavy atom. The molecule has 1 heterocycles. The molecule has 3 nitrogen and oxygen atoms in total. The first-order valence-corrected chi connectivity index (χ1v) is 11.5. The minimum Gasteiger partial charge on any atom is -0.293 e. The third-order valence-corrected chi connectivity index (χ3v) is 6.33. The number of pyridine rings is 1. The molecule has 0 amide bonds. The molecule has 32 heavy (non-hydrogen) atoms. The van der Waals surface area contributed by atoms with Crippen molar-refractivity contribution in [1.82, 2.24) is 4.98 Å². The van der Waals surface area contributed by atoms with Gasteiger partial charge in [-0.3, -0.25) is 4.79 Å². The van der Waals surface area contributed by atoms with E-state index in [0.717, 1.165) is 10.0 Å². The lowest BCUT2D eigenvalue weighted by Gasteiger charge is -2.12.